The summed E-state index contributed by atoms with van der Waals surface area (Å²) < 4.78 is 2.46. The molecule has 0 N–H and O–H groups in total. The molecular weight excluding hydrogens is 869 g/mol. The smallest absolute Gasteiger partial charge is 0.0553 e. The minimum Gasteiger partial charge on any atom is -0.310 e. The van der Waals surface area contributed by atoms with E-state index in [4.69, 9.17) is 0 Å². The van der Waals surface area contributed by atoms with Gasteiger partial charge in [-0.05, 0) is 144 Å². The van der Waals surface area contributed by atoms with Gasteiger partial charge in [-0.15, -0.1) is 0 Å². The Bertz CT molecular complexity index is 4020. The number of hydrogen-bond acceptors (Lipinski definition) is 1. The molecule has 338 valence electrons. The largest absolute Gasteiger partial charge is 0.310 e. The van der Waals surface area contributed by atoms with E-state index in [1.54, 1.807) is 0 Å². The van der Waals surface area contributed by atoms with E-state index >= 15 is 0 Å². The molecule has 0 saturated carbocycles. The van der Waals surface area contributed by atoms with Crippen LogP contribution in [-0.4, -0.2) is 4.57 Å². The molecular formula is C70H48N2. The first-order chi connectivity index (χ1) is 35.7. The van der Waals surface area contributed by atoms with Crippen LogP contribution in [0.2, 0.25) is 0 Å². The lowest BCUT2D eigenvalue weighted by Gasteiger charge is -2.26. The highest BCUT2D eigenvalue weighted by molar-refractivity contribution is 6.17. The lowest BCUT2D eigenvalue weighted by atomic mass is 9.93. The van der Waals surface area contributed by atoms with Crippen molar-refractivity contribution in [1.29, 1.82) is 0 Å². The standard InChI is InChI=1S/C70H48N2/c1-5-17-49(18-6-1)52-31-33-53(34-32-52)54-35-40-61(41-36-54)71(62-42-37-56(38-43-62)65-30-16-24-55-23-13-14-29-64(55)65)63-28-15-25-58(45-63)67-46-59(51-21-9-3-10-22-51)48-69-70(67)66-44-39-57(50-19-7-2-8-20-50)47-68(66)72(69)60-26-11-4-12-27-60/h1-48H. The third-order valence-electron chi connectivity index (χ3n) is 14.2. The minimum absolute atomic E-state index is 1.07. The molecule has 1 aromatic heterocycles. The zero-order valence-electron chi connectivity index (χ0n) is 39.6. The van der Waals surface area contributed by atoms with Crippen molar-refractivity contribution in [2.24, 2.45) is 0 Å². The van der Waals surface area contributed by atoms with E-state index in [9.17, 15) is 0 Å². The summed E-state index contributed by atoms with van der Waals surface area (Å²) in [7, 11) is 0. The van der Waals surface area contributed by atoms with E-state index in [1.165, 1.54) is 88.3 Å². The van der Waals surface area contributed by atoms with Gasteiger partial charge in [-0.1, -0.05) is 224 Å². The van der Waals surface area contributed by atoms with Gasteiger partial charge in [0.1, 0.15) is 0 Å². The predicted octanol–water partition coefficient (Wildman–Crippen LogP) is 19.4. The van der Waals surface area contributed by atoms with Gasteiger partial charge >= 0.3 is 0 Å². The molecule has 0 aliphatic carbocycles. The van der Waals surface area contributed by atoms with Crippen LogP contribution in [0.4, 0.5) is 17.1 Å². The van der Waals surface area contributed by atoms with Crippen molar-refractivity contribution in [2.75, 3.05) is 4.90 Å². The van der Waals surface area contributed by atoms with Gasteiger partial charge in [0.25, 0.3) is 0 Å². The van der Waals surface area contributed by atoms with E-state index in [0.717, 1.165) is 33.8 Å². The topological polar surface area (TPSA) is 8.17 Å². The molecule has 72 heavy (non-hydrogen) atoms. The third kappa shape index (κ3) is 7.92. The highest BCUT2D eigenvalue weighted by Crippen LogP contribution is 2.45. The van der Waals surface area contributed by atoms with Gasteiger partial charge in [-0.2, -0.15) is 0 Å². The lowest BCUT2D eigenvalue weighted by molar-refractivity contribution is 1.18. The average Bonchev–Trinajstić information content (AvgIpc) is 3.80. The lowest BCUT2D eigenvalue weighted by Crippen LogP contribution is -2.10. The van der Waals surface area contributed by atoms with Gasteiger partial charge in [0.2, 0.25) is 0 Å². The average molecular weight is 917 g/mol. The van der Waals surface area contributed by atoms with Crippen molar-refractivity contribution in [3.63, 3.8) is 0 Å². The molecule has 12 aromatic carbocycles. The Hall–Kier alpha value is -9.50. The zero-order chi connectivity index (χ0) is 47.8. The molecule has 2 heteroatoms. The number of fused-ring (bicyclic) bond motifs is 4. The fourth-order valence-electron chi connectivity index (χ4n) is 10.6. The highest BCUT2D eigenvalue weighted by Gasteiger charge is 2.21. The quantitative estimate of drug-likeness (QED) is 0.133. The van der Waals surface area contributed by atoms with E-state index in [2.05, 4.69) is 301 Å². The maximum Gasteiger partial charge on any atom is 0.0553 e. The molecule has 2 nitrogen and oxygen atoms in total. The molecule has 0 spiro atoms. The van der Waals surface area contributed by atoms with E-state index in [1.807, 2.05) is 0 Å². The number of benzene rings is 12. The number of hydrogen-bond donors (Lipinski definition) is 0. The molecule has 13 rings (SSSR count). The maximum atomic E-state index is 2.46. The summed E-state index contributed by atoms with van der Waals surface area (Å²) in [5, 5.41) is 4.92. The fraction of sp³-hybridized carbons (Fsp3) is 0. The second kappa shape index (κ2) is 18.4. The van der Waals surface area contributed by atoms with Crippen molar-refractivity contribution in [1.82, 2.24) is 4.57 Å². The maximum absolute atomic E-state index is 2.46. The molecule has 0 bridgehead atoms. The Kier molecular flexibility index (Phi) is 10.9. The van der Waals surface area contributed by atoms with Crippen LogP contribution in [0.1, 0.15) is 0 Å². The molecule has 0 atom stereocenters. The van der Waals surface area contributed by atoms with Crippen molar-refractivity contribution in [3.8, 4) is 72.4 Å². The number of rotatable bonds is 10. The van der Waals surface area contributed by atoms with E-state index < -0.39 is 0 Å². The first-order valence-electron chi connectivity index (χ1n) is 24.7. The van der Waals surface area contributed by atoms with Gasteiger partial charge in [0.15, 0.2) is 0 Å². The Morgan fingerprint density at radius 2 is 0.694 bits per heavy atom. The second-order valence-electron chi connectivity index (χ2n) is 18.5. The summed E-state index contributed by atoms with van der Waals surface area (Å²) in [5.74, 6) is 0. The monoisotopic (exact) mass is 916 g/mol. The summed E-state index contributed by atoms with van der Waals surface area (Å²) in [6.07, 6.45) is 0. The third-order valence-corrected chi connectivity index (χ3v) is 14.2. The van der Waals surface area contributed by atoms with Gasteiger partial charge < -0.3 is 9.47 Å². The summed E-state index contributed by atoms with van der Waals surface area (Å²) >= 11 is 0. The minimum atomic E-state index is 1.07. The van der Waals surface area contributed by atoms with Crippen molar-refractivity contribution >= 4 is 49.6 Å². The number of nitrogens with zero attached hydrogens (tertiary/aromatic N) is 2. The second-order valence-corrected chi connectivity index (χ2v) is 18.5. The molecule has 0 aliphatic rings. The number of para-hydroxylation sites is 1. The predicted molar refractivity (Wildman–Crippen MR) is 306 cm³/mol. The molecule has 1 heterocycles. The first-order valence-corrected chi connectivity index (χ1v) is 24.7. The molecule has 0 fully saturated rings. The zero-order valence-corrected chi connectivity index (χ0v) is 39.6. The molecule has 0 radical (unpaired) electrons. The van der Waals surface area contributed by atoms with Crippen LogP contribution in [-0.2, 0) is 0 Å². The van der Waals surface area contributed by atoms with E-state index in [-0.39, 0.29) is 0 Å². The summed E-state index contributed by atoms with van der Waals surface area (Å²) in [4.78, 5) is 2.40. The Balaban J connectivity index is 0.982. The normalized spacial score (nSPS) is 11.3. The van der Waals surface area contributed by atoms with Gasteiger partial charge in [-0.3, -0.25) is 0 Å². The molecule has 0 saturated heterocycles. The van der Waals surface area contributed by atoms with Gasteiger partial charge in [-0.25, -0.2) is 0 Å². The molecule has 0 amide bonds. The molecule has 0 unspecified atom stereocenters. The SMILES string of the molecule is c1ccc(-c2ccc(-c3ccc(N(c4ccc(-c5cccc6ccccc56)cc4)c4cccc(-c5cc(-c6ccccc6)cc6c5c5ccc(-c7ccccc7)cc5n6-c5ccccc5)c4)cc3)cc2)cc1. The fourth-order valence-corrected chi connectivity index (χ4v) is 10.6. The van der Waals surface area contributed by atoms with Crippen molar-refractivity contribution < 1.29 is 0 Å². The Morgan fingerprint density at radius 3 is 1.33 bits per heavy atom. The molecule has 0 aliphatic heterocycles. The van der Waals surface area contributed by atoms with Crippen molar-refractivity contribution in [2.45, 2.75) is 0 Å². The van der Waals surface area contributed by atoms with Crippen LogP contribution in [0.25, 0.3) is 105 Å². The Labute approximate surface area is 420 Å². The van der Waals surface area contributed by atoms with Crippen LogP contribution in [0.15, 0.2) is 291 Å². The molecule has 13 aromatic rings. The van der Waals surface area contributed by atoms with Crippen LogP contribution in [0.5, 0.6) is 0 Å². The number of aromatic nitrogens is 1. The Morgan fingerprint density at radius 1 is 0.236 bits per heavy atom. The van der Waals surface area contributed by atoms with Crippen LogP contribution >= 0.6 is 0 Å². The summed E-state index contributed by atoms with van der Waals surface area (Å²) in [5.41, 5.74) is 20.9. The van der Waals surface area contributed by atoms with Crippen LogP contribution in [0.3, 0.4) is 0 Å². The first kappa shape index (κ1) is 42.6. The van der Waals surface area contributed by atoms with Crippen LogP contribution in [0, 0.1) is 0 Å². The van der Waals surface area contributed by atoms with Gasteiger partial charge in [0, 0.05) is 33.5 Å². The highest BCUT2D eigenvalue weighted by atomic mass is 15.1. The van der Waals surface area contributed by atoms with Crippen LogP contribution < -0.4 is 4.90 Å². The van der Waals surface area contributed by atoms with Gasteiger partial charge in [0.05, 0.1) is 11.0 Å². The van der Waals surface area contributed by atoms with Crippen molar-refractivity contribution in [3.05, 3.63) is 291 Å². The van der Waals surface area contributed by atoms with E-state index in [0.29, 0.717) is 0 Å². The summed E-state index contributed by atoms with van der Waals surface area (Å²) in [6, 6.07) is 106. The summed E-state index contributed by atoms with van der Waals surface area (Å²) in [6.45, 7) is 0. The number of anilines is 3.